The first-order valence-electron chi connectivity index (χ1n) is 7.66. The molecule has 0 aliphatic heterocycles. The number of sulfonamides is 1. The molecular weight excluding hydrogens is 429 g/mol. The van der Waals surface area contributed by atoms with E-state index in [-0.39, 0.29) is 37.0 Å². The Bertz CT molecular complexity index is 1120. The first kappa shape index (κ1) is 19.7. The summed E-state index contributed by atoms with van der Waals surface area (Å²) >= 11 is 17.8. The predicted molar refractivity (Wildman–Crippen MR) is 109 cm³/mol. The van der Waals surface area contributed by atoms with Crippen LogP contribution in [0, 0.1) is 0 Å². The van der Waals surface area contributed by atoms with E-state index in [1.54, 1.807) is 48.5 Å². The number of benzene rings is 3. The summed E-state index contributed by atoms with van der Waals surface area (Å²) in [5.41, 5.74) is 0.786. The molecule has 0 saturated heterocycles. The monoisotopic (exact) mass is 439 g/mol. The number of hydrogen-bond acceptors (Lipinski definition) is 3. The minimum absolute atomic E-state index is 0.0510. The number of para-hydroxylation sites is 1. The van der Waals surface area contributed by atoms with Gasteiger partial charge in [-0.05, 0) is 24.3 Å². The largest absolute Gasteiger partial charge is 0.289 e. The van der Waals surface area contributed by atoms with E-state index in [9.17, 15) is 13.2 Å². The Balaban J connectivity index is 2.02. The van der Waals surface area contributed by atoms with Crippen LogP contribution in [-0.4, -0.2) is 14.2 Å². The number of halogens is 3. The van der Waals surface area contributed by atoms with Crippen molar-refractivity contribution in [3.8, 4) is 0 Å². The van der Waals surface area contributed by atoms with Crippen LogP contribution in [0.2, 0.25) is 15.1 Å². The van der Waals surface area contributed by atoms with Crippen LogP contribution < -0.4 is 4.72 Å². The van der Waals surface area contributed by atoms with Crippen molar-refractivity contribution in [2.75, 3.05) is 4.72 Å². The molecule has 0 radical (unpaired) electrons. The molecule has 0 unspecified atom stereocenters. The molecule has 138 valence electrons. The SMILES string of the molecule is O=C(c1ccccc1)c1ccccc1NS(=O)(=O)c1cc(Cl)c(Cl)cc1Cl. The maximum atomic E-state index is 12.8. The smallest absolute Gasteiger partial charge is 0.263 e. The van der Waals surface area contributed by atoms with Gasteiger partial charge in [-0.2, -0.15) is 0 Å². The Hall–Kier alpha value is -2.05. The van der Waals surface area contributed by atoms with Crippen LogP contribution in [0.3, 0.4) is 0 Å². The lowest BCUT2D eigenvalue weighted by molar-refractivity contribution is 0.103. The van der Waals surface area contributed by atoms with E-state index >= 15 is 0 Å². The molecule has 0 fully saturated rings. The molecule has 0 aromatic heterocycles. The summed E-state index contributed by atoms with van der Waals surface area (Å²) in [4.78, 5) is 12.5. The van der Waals surface area contributed by atoms with E-state index < -0.39 is 10.0 Å². The summed E-state index contributed by atoms with van der Waals surface area (Å²) < 4.78 is 28.0. The van der Waals surface area contributed by atoms with Crippen molar-refractivity contribution in [3.63, 3.8) is 0 Å². The van der Waals surface area contributed by atoms with E-state index in [1.807, 2.05) is 0 Å². The zero-order chi connectivity index (χ0) is 19.6. The Morgan fingerprint density at radius 3 is 2.07 bits per heavy atom. The lowest BCUT2D eigenvalue weighted by atomic mass is 10.0. The molecule has 0 spiro atoms. The Labute approximate surface area is 171 Å². The minimum atomic E-state index is -4.10. The molecule has 1 N–H and O–H groups in total. The average Bonchev–Trinajstić information content (AvgIpc) is 2.65. The van der Waals surface area contributed by atoms with Crippen molar-refractivity contribution in [3.05, 3.63) is 92.9 Å². The van der Waals surface area contributed by atoms with Gasteiger partial charge >= 0.3 is 0 Å². The third-order valence-corrected chi connectivity index (χ3v) is 6.27. The molecule has 3 aromatic carbocycles. The van der Waals surface area contributed by atoms with Crippen LogP contribution in [0.25, 0.3) is 0 Å². The molecular formula is C19H12Cl3NO3S. The van der Waals surface area contributed by atoms with E-state index in [0.29, 0.717) is 5.56 Å². The Kier molecular flexibility index (Phi) is 5.77. The maximum Gasteiger partial charge on any atom is 0.263 e. The van der Waals surface area contributed by atoms with Crippen molar-refractivity contribution in [2.45, 2.75) is 4.90 Å². The summed E-state index contributed by atoms with van der Waals surface area (Å²) in [6, 6.07) is 17.3. The summed E-state index contributed by atoms with van der Waals surface area (Å²) in [5, 5.41) is 0.110. The number of rotatable bonds is 5. The quantitative estimate of drug-likeness (QED) is 0.410. The molecule has 0 aliphatic rings. The van der Waals surface area contributed by atoms with Gasteiger partial charge in [0.25, 0.3) is 10.0 Å². The molecule has 3 rings (SSSR count). The molecule has 0 atom stereocenters. The van der Waals surface area contributed by atoms with E-state index in [4.69, 9.17) is 34.8 Å². The molecule has 0 aliphatic carbocycles. The first-order valence-corrected chi connectivity index (χ1v) is 10.3. The average molecular weight is 441 g/mol. The van der Waals surface area contributed by atoms with Gasteiger partial charge in [-0.25, -0.2) is 8.42 Å². The second-order valence-electron chi connectivity index (χ2n) is 5.54. The van der Waals surface area contributed by atoms with Gasteiger partial charge < -0.3 is 0 Å². The third-order valence-electron chi connectivity index (χ3n) is 3.72. The van der Waals surface area contributed by atoms with Gasteiger partial charge in [0.1, 0.15) is 4.90 Å². The molecule has 8 heteroatoms. The number of nitrogens with one attached hydrogen (secondary N) is 1. The van der Waals surface area contributed by atoms with Gasteiger partial charge in [-0.15, -0.1) is 0 Å². The molecule has 3 aromatic rings. The number of anilines is 1. The lowest BCUT2D eigenvalue weighted by Gasteiger charge is -2.13. The second-order valence-corrected chi connectivity index (χ2v) is 8.42. The molecule has 27 heavy (non-hydrogen) atoms. The summed E-state index contributed by atoms with van der Waals surface area (Å²) in [7, 11) is -4.10. The maximum absolute atomic E-state index is 12.8. The number of carbonyl (C=O) groups is 1. The van der Waals surface area contributed by atoms with Crippen LogP contribution in [0.15, 0.2) is 71.6 Å². The summed E-state index contributed by atoms with van der Waals surface area (Å²) in [6.07, 6.45) is 0. The van der Waals surface area contributed by atoms with Crippen LogP contribution in [0.1, 0.15) is 15.9 Å². The zero-order valence-corrected chi connectivity index (χ0v) is 16.7. The number of ketones is 1. The lowest BCUT2D eigenvalue weighted by Crippen LogP contribution is -2.16. The van der Waals surface area contributed by atoms with Crippen molar-refractivity contribution in [2.24, 2.45) is 0 Å². The fourth-order valence-electron chi connectivity index (χ4n) is 2.43. The van der Waals surface area contributed by atoms with Crippen LogP contribution in [0.4, 0.5) is 5.69 Å². The van der Waals surface area contributed by atoms with Crippen molar-refractivity contribution in [1.82, 2.24) is 0 Å². The minimum Gasteiger partial charge on any atom is -0.289 e. The van der Waals surface area contributed by atoms with E-state index in [2.05, 4.69) is 4.72 Å². The van der Waals surface area contributed by atoms with Gasteiger partial charge in [0.05, 0.1) is 20.8 Å². The van der Waals surface area contributed by atoms with Crippen LogP contribution in [-0.2, 0) is 10.0 Å². The molecule has 0 bridgehead atoms. The topological polar surface area (TPSA) is 63.2 Å². The second kappa shape index (κ2) is 7.90. The number of hydrogen-bond donors (Lipinski definition) is 1. The highest BCUT2D eigenvalue weighted by Gasteiger charge is 2.23. The fourth-order valence-corrected chi connectivity index (χ4v) is 4.51. The Morgan fingerprint density at radius 1 is 0.778 bits per heavy atom. The third kappa shape index (κ3) is 4.28. The molecule has 4 nitrogen and oxygen atoms in total. The fraction of sp³-hybridized carbons (Fsp3) is 0. The standard InChI is InChI=1S/C19H12Cl3NO3S/c20-14-10-16(22)18(11-15(14)21)27(25,26)23-17-9-5-4-8-13(17)19(24)12-6-2-1-3-7-12/h1-11,23H. The van der Waals surface area contributed by atoms with Gasteiger partial charge in [0.2, 0.25) is 0 Å². The number of carbonyl (C=O) groups excluding carboxylic acids is 1. The molecule has 0 saturated carbocycles. The highest BCUT2D eigenvalue weighted by Crippen LogP contribution is 2.33. The zero-order valence-electron chi connectivity index (χ0n) is 13.6. The summed E-state index contributed by atoms with van der Waals surface area (Å²) in [5.74, 6) is -0.311. The van der Waals surface area contributed by atoms with Crippen LogP contribution >= 0.6 is 34.8 Å². The van der Waals surface area contributed by atoms with Crippen molar-refractivity contribution < 1.29 is 13.2 Å². The Morgan fingerprint density at radius 2 is 1.37 bits per heavy atom. The highest BCUT2D eigenvalue weighted by molar-refractivity contribution is 7.92. The molecule has 0 amide bonds. The predicted octanol–water partition coefficient (Wildman–Crippen LogP) is 5.68. The normalized spacial score (nSPS) is 11.2. The van der Waals surface area contributed by atoms with Gasteiger partial charge in [-0.1, -0.05) is 77.3 Å². The van der Waals surface area contributed by atoms with E-state index in [0.717, 1.165) is 6.07 Å². The molecule has 0 heterocycles. The van der Waals surface area contributed by atoms with Crippen molar-refractivity contribution >= 4 is 56.3 Å². The van der Waals surface area contributed by atoms with E-state index in [1.165, 1.54) is 12.1 Å². The first-order chi connectivity index (χ1) is 12.8. The summed E-state index contributed by atoms with van der Waals surface area (Å²) in [6.45, 7) is 0. The van der Waals surface area contributed by atoms with Gasteiger partial charge in [0, 0.05) is 11.1 Å². The highest BCUT2D eigenvalue weighted by atomic mass is 35.5. The van der Waals surface area contributed by atoms with Gasteiger partial charge in [-0.3, -0.25) is 9.52 Å². The van der Waals surface area contributed by atoms with Gasteiger partial charge in [0.15, 0.2) is 5.78 Å². The van der Waals surface area contributed by atoms with Crippen LogP contribution in [0.5, 0.6) is 0 Å². The van der Waals surface area contributed by atoms with Crippen molar-refractivity contribution in [1.29, 1.82) is 0 Å².